The maximum absolute atomic E-state index is 2.46. The Kier molecular flexibility index (Phi) is 0.927. The lowest BCUT2D eigenvalue weighted by Gasteiger charge is -2.28. The number of rotatable bonds is 0. The molecule has 8 heavy (non-hydrogen) atoms. The SMILES string of the molecule is C1=C2CCC(C1)CC2. The van der Waals surface area contributed by atoms with E-state index in [1.165, 1.54) is 32.1 Å². The molecule has 0 aliphatic heterocycles. The highest BCUT2D eigenvalue weighted by Gasteiger charge is 2.19. The van der Waals surface area contributed by atoms with Crippen molar-refractivity contribution >= 4 is 0 Å². The van der Waals surface area contributed by atoms with Crippen LogP contribution in [0, 0.1) is 5.92 Å². The van der Waals surface area contributed by atoms with Crippen molar-refractivity contribution in [3.8, 4) is 0 Å². The summed E-state index contributed by atoms with van der Waals surface area (Å²) in [7, 11) is 0. The Morgan fingerprint density at radius 1 is 1.25 bits per heavy atom. The van der Waals surface area contributed by atoms with E-state index < -0.39 is 0 Å². The Morgan fingerprint density at radius 2 is 2.00 bits per heavy atom. The molecular weight excluding hydrogens is 96.1 g/mol. The highest BCUT2D eigenvalue weighted by Crippen LogP contribution is 2.36. The van der Waals surface area contributed by atoms with E-state index in [9.17, 15) is 0 Å². The molecule has 2 bridgehead atoms. The summed E-state index contributed by atoms with van der Waals surface area (Å²) in [6.07, 6.45) is 9.68. The molecule has 0 radical (unpaired) electrons. The van der Waals surface area contributed by atoms with Crippen molar-refractivity contribution in [2.24, 2.45) is 5.92 Å². The van der Waals surface area contributed by atoms with Gasteiger partial charge < -0.3 is 0 Å². The summed E-state index contributed by atoms with van der Waals surface area (Å²) in [5.41, 5.74) is 1.74. The van der Waals surface area contributed by atoms with E-state index >= 15 is 0 Å². The molecule has 0 saturated heterocycles. The van der Waals surface area contributed by atoms with Crippen molar-refractivity contribution < 1.29 is 0 Å². The lowest BCUT2D eigenvalue weighted by Crippen LogP contribution is -2.12. The fourth-order valence-electron chi connectivity index (χ4n) is 1.82. The van der Waals surface area contributed by atoms with Crippen LogP contribution in [0.15, 0.2) is 11.6 Å². The summed E-state index contributed by atoms with van der Waals surface area (Å²) >= 11 is 0. The minimum absolute atomic E-state index is 1.08. The average molecular weight is 108 g/mol. The molecule has 3 aliphatic rings. The fraction of sp³-hybridized carbons (Fsp3) is 0.750. The largest absolute Gasteiger partial charge is 0.0851 e. The number of fused-ring (bicyclic) bond motifs is 3. The van der Waals surface area contributed by atoms with Crippen LogP contribution in [0.4, 0.5) is 0 Å². The number of hydrogen-bond acceptors (Lipinski definition) is 0. The van der Waals surface area contributed by atoms with E-state index in [4.69, 9.17) is 0 Å². The average Bonchev–Trinajstić information content (AvgIpc) is 1.92. The van der Waals surface area contributed by atoms with Crippen LogP contribution in [0.3, 0.4) is 0 Å². The molecule has 0 heteroatoms. The first-order valence-corrected chi connectivity index (χ1v) is 3.63. The second-order valence-electron chi connectivity index (χ2n) is 3.04. The second kappa shape index (κ2) is 1.61. The molecule has 0 aromatic heterocycles. The van der Waals surface area contributed by atoms with E-state index in [0.29, 0.717) is 0 Å². The van der Waals surface area contributed by atoms with Crippen LogP contribution in [0.1, 0.15) is 32.1 Å². The molecule has 3 rings (SSSR count). The third-order valence-corrected chi connectivity index (χ3v) is 2.49. The third-order valence-electron chi connectivity index (χ3n) is 2.49. The van der Waals surface area contributed by atoms with E-state index in [2.05, 4.69) is 6.08 Å². The van der Waals surface area contributed by atoms with Crippen LogP contribution < -0.4 is 0 Å². The van der Waals surface area contributed by atoms with Crippen molar-refractivity contribution in [3.63, 3.8) is 0 Å². The first-order valence-electron chi connectivity index (χ1n) is 3.63. The smallest absolute Gasteiger partial charge is 0.0318 e. The lowest BCUT2D eigenvalue weighted by molar-refractivity contribution is 0.384. The second-order valence-corrected chi connectivity index (χ2v) is 3.04. The van der Waals surface area contributed by atoms with E-state index in [-0.39, 0.29) is 0 Å². The predicted octanol–water partition coefficient (Wildman–Crippen LogP) is 2.51. The minimum Gasteiger partial charge on any atom is -0.0851 e. The van der Waals surface area contributed by atoms with Gasteiger partial charge in [-0.3, -0.25) is 0 Å². The van der Waals surface area contributed by atoms with Gasteiger partial charge in [-0.15, -0.1) is 0 Å². The molecule has 0 spiro atoms. The number of hydrogen-bond donors (Lipinski definition) is 0. The van der Waals surface area contributed by atoms with E-state index in [0.717, 1.165) is 5.92 Å². The first kappa shape index (κ1) is 4.60. The molecule has 1 fully saturated rings. The van der Waals surface area contributed by atoms with Gasteiger partial charge >= 0.3 is 0 Å². The summed E-state index contributed by atoms with van der Waals surface area (Å²) < 4.78 is 0. The Bertz CT molecular complexity index is 112. The molecule has 0 heterocycles. The van der Waals surface area contributed by atoms with Crippen molar-refractivity contribution in [3.05, 3.63) is 11.6 Å². The van der Waals surface area contributed by atoms with Gasteiger partial charge in [-0.25, -0.2) is 0 Å². The Labute approximate surface area is 50.6 Å². The van der Waals surface area contributed by atoms with Crippen molar-refractivity contribution in [2.75, 3.05) is 0 Å². The van der Waals surface area contributed by atoms with Crippen molar-refractivity contribution in [2.45, 2.75) is 32.1 Å². The fourth-order valence-corrected chi connectivity index (χ4v) is 1.82. The molecule has 0 aromatic rings. The summed E-state index contributed by atoms with van der Waals surface area (Å²) in [6, 6.07) is 0. The molecule has 0 atom stereocenters. The zero-order chi connectivity index (χ0) is 5.40. The quantitative estimate of drug-likeness (QED) is 0.418. The molecule has 44 valence electrons. The molecule has 0 amide bonds. The summed E-state index contributed by atoms with van der Waals surface area (Å²) in [4.78, 5) is 0. The molecule has 1 saturated carbocycles. The van der Waals surface area contributed by atoms with Crippen LogP contribution in [0.25, 0.3) is 0 Å². The maximum Gasteiger partial charge on any atom is -0.0318 e. The van der Waals surface area contributed by atoms with Gasteiger partial charge in [0.05, 0.1) is 0 Å². The minimum atomic E-state index is 1.08. The normalized spacial score (nSPS) is 28.2. The van der Waals surface area contributed by atoms with Crippen LogP contribution in [-0.2, 0) is 0 Å². The highest BCUT2D eigenvalue weighted by molar-refractivity contribution is 5.10. The Hall–Kier alpha value is -0.260. The molecular formula is C8H12. The van der Waals surface area contributed by atoms with Crippen molar-refractivity contribution in [1.29, 1.82) is 0 Å². The highest BCUT2D eigenvalue weighted by atomic mass is 14.2. The Balaban J connectivity index is 2.22. The molecule has 3 aliphatic carbocycles. The van der Waals surface area contributed by atoms with Crippen LogP contribution >= 0.6 is 0 Å². The van der Waals surface area contributed by atoms with Gasteiger partial charge in [0.25, 0.3) is 0 Å². The van der Waals surface area contributed by atoms with Gasteiger partial charge in [-0.05, 0) is 38.0 Å². The van der Waals surface area contributed by atoms with Crippen molar-refractivity contribution in [1.82, 2.24) is 0 Å². The van der Waals surface area contributed by atoms with E-state index in [1.54, 1.807) is 5.57 Å². The maximum atomic E-state index is 2.46. The van der Waals surface area contributed by atoms with Crippen LogP contribution in [0.5, 0.6) is 0 Å². The third kappa shape index (κ3) is 0.594. The first-order chi connectivity index (χ1) is 3.95. The van der Waals surface area contributed by atoms with Gasteiger partial charge in [0, 0.05) is 0 Å². The Morgan fingerprint density at radius 3 is 2.12 bits per heavy atom. The zero-order valence-electron chi connectivity index (χ0n) is 5.19. The lowest BCUT2D eigenvalue weighted by atomic mass is 9.78. The summed E-state index contributed by atoms with van der Waals surface area (Å²) in [6.45, 7) is 0. The van der Waals surface area contributed by atoms with Gasteiger partial charge in [-0.1, -0.05) is 11.6 Å². The molecule has 0 nitrogen and oxygen atoms in total. The van der Waals surface area contributed by atoms with Gasteiger partial charge in [0.2, 0.25) is 0 Å². The summed E-state index contributed by atoms with van der Waals surface area (Å²) in [5.74, 6) is 1.08. The predicted molar refractivity (Wildman–Crippen MR) is 34.7 cm³/mol. The monoisotopic (exact) mass is 108 g/mol. The standard InChI is InChI=1S/C8H12/c1-2-8-5-3-7(1)4-6-8/h1,8H,2-6H2. The molecule has 0 aromatic carbocycles. The molecule has 0 N–H and O–H groups in total. The topological polar surface area (TPSA) is 0 Å². The van der Waals surface area contributed by atoms with Crippen LogP contribution in [0.2, 0.25) is 0 Å². The van der Waals surface area contributed by atoms with Gasteiger partial charge in [-0.2, -0.15) is 0 Å². The summed E-state index contributed by atoms with van der Waals surface area (Å²) in [5, 5.41) is 0. The molecule has 0 unspecified atom stereocenters. The number of allylic oxidation sites excluding steroid dienone is 2. The van der Waals surface area contributed by atoms with Gasteiger partial charge in [0.15, 0.2) is 0 Å². The van der Waals surface area contributed by atoms with Gasteiger partial charge in [0.1, 0.15) is 0 Å². The van der Waals surface area contributed by atoms with Crippen LogP contribution in [-0.4, -0.2) is 0 Å². The van der Waals surface area contributed by atoms with E-state index in [1.807, 2.05) is 0 Å². The zero-order valence-corrected chi connectivity index (χ0v) is 5.19.